The summed E-state index contributed by atoms with van der Waals surface area (Å²) in [7, 11) is 0. The van der Waals surface area contributed by atoms with Gasteiger partial charge in [0, 0.05) is 0 Å². The van der Waals surface area contributed by atoms with Crippen LogP contribution in [-0.2, 0) is 14.3 Å². The van der Waals surface area contributed by atoms with Crippen molar-refractivity contribution in [2.24, 2.45) is 11.8 Å². The van der Waals surface area contributed by atoms with E-state index in [2.05, 4.69) is 27.0 Å². The number of carbonyl (C=O) groups excluding carboxylic acids is 2. The van der Waals surface area contributed by atoms with Crippen LogP contribution < -0.4 is 0 Å². The van der Waals surface area contributed by atoms with E-state index in [9.17, 15) is 9.59 Å². The normalized spacial score (nSPS) is 12.7. The predicted molar refractivity (Wildman–Crippen MR) is 151 cm³/mol. The van der Waals surface area contributed by atoms with Crippen molar-refractivity contribution in [1.29, 1.82) is 0 Å². The van der Waals surface area contributed by atoms with Crippen LogP contribution in [0.1, 0.15) is 155 Å². The van der Waals surface area contributed by atoms with Crippen LogP contribution in [0.25, 0.3) is 0 Å². The van der Waals surface area contributed by atoms with E-state index in [-0.39, 0.29) is 0 Å². The van der Waals surface area contributed by atoms with E-state index >= 15 is 0 Å². The van der Waals surface area contributed by atoms with E-state index in [1.165, 1.54) is 103 Å². The fraction of sp³-hybridized carbons (Fsp3) is 0.812. The summed E-state index contributed by atoms with van der Waals surface area (Å²) in [5, 5.41) is 0. The number of carbonyl (C=O) groups is 2. The van der Waals surface area contributed by atoms with E-state index in [1.807, 2.05) is 0 Å². The fourth-order valence-corrected chi connectivity index (χ4v) is 4.62. The summed E-state index contributed by atoms with van der Waals surface area (Å²) in [5.41, 5.74) is 0. The van der Waals surface area contributed by atoms with E-state index in [1.54, 1.807) is 12.2 Å². The zero-order chi connectivity index (χ0) is 26.0. The van der Waals surface area contributed by atoms with Gasteiger partial charge in [0.25, 0.3) is 0 Å². The predicted octanol–water partition coefficient (Wildman–Crippen LogP) is 10.3. The summed E-state index contributed by atoms with van der Waals surface area (Å²) in [6, 6.07) is 0. The highest BCUT2D eigenvalue weighted by molar-refractivity contribution is 5.89. The van der Waals surface area contributed by atoms with Crippen molar-refractivity contribution < 1.29 is 14.3 Å². The topological polar surface area (TPSA) is 43.4 Å². The molecule has 204 valence electrons. The van der Waals surface area contributed by atoms with Crippen molar-refractivity contribution in [3.63, 3.8) is 0 Å². The Labute approximate surface area is 218 Å². The first-order valence-electron chi connectivity index (χ1n) is 15.1. The number of rotatable bonds is 26. The average Bonchev–Trinajstić information content (AvgIpc) is 2.85. The summed E-state index contributed by atoms with van der Waals surface area (Å²) < 4.78 is 5.22. The Morgan fingerprint density at radius 3 is 1.03 bits per heavy atom. The Balaban J connectivity index is 3.93. The Hall–Kier alpha value is -1.38. The molecule has 0 aliphatic rings. The Kier molecular flexibility index (Phi) is 24.7. The lowest BCUT2D eigenvalue weighted by Crippen LogP contribution is -2.24. The van der Waals surface area contributed by atoms with Gasteiger partial charge in [-0.2, -0.15) is 0 Å². The van der Waals surface area contributed by atoms with Crippen molar-refractivity contribution in [3.05, 3.63) is 25.3 Å². The van der Waals surface area contributed by atoms with Gasteiger partial charge >= 0.3 is 11.9 Å². The zero-order valence-corrected chi connectivity index (χ0v) is 23.5. The van der Waals surface area contributed by atoms with E-state index in [4.69, 9.17) is 4.74 Å². The zero-order valence-electron chi connectivity index (χ0n) is 23.5. The van der Waals surface area contributed by atoms with Gasteiger partial charge in [0.2, 0.25) is 0 Å². The lowest BCUT2D eigenvalue weighted by atomic mass is 9.99. The lowest BCUT2D eigenvalue weighted by Gasteiger charge is -2.14. The van der Waals surface area contributed by atoms with Crippen molar-refractivity contribution in [2.75, 3.05) is 0 Å². The van der Waals surface area contributed by atoms with Crippen molar-refractivity contribution in [2.45, 2.75) is 155 Å². The molecule has 0 fully saturated rings. The third-order valence-electron chi connectivity index (χ3n) is 7.11. The highest BCUT2D eigenvalue weighted by Gasteiger charge is 2.23. The second kappa shape index (κ2) is 25.7. The molecule has 0 heterocycles. The molecule has 3 nitrogen and oxygen atoms in total. The number of unbranched alkanes of at least 4 members (excludes halogenated alkanes) is 18. The maximum atomic E-state index is 12.5. The van der Waals surface area contributed by atoms with Crippen LogP contribution in [0.2, 0.25) is 0 Å². The summed E-state index contributed by atoms with van der Waals surface area (Å²) in [5.74, 6) is -1.68. The molecular weight excluding hydrogens is 432 g/mol. The van der Waals surface area contributed by atoms with Gasteiger partial charge in [0.1, 0.15) is 0 Å². The molecule has 0 amide bonds. The molecule has 3 heteroatoms. The van der Waals surface area contributed by atoms with Crippen LogP contribution in [0.5, 0.6) is 0 Å². The van der Waals surface area contributed by atoms with Gasteiger partial charge in [-0.3, -0.25) is 9.59 Å². The van der Waals surface area contributed by atoms with Gasteiger partial charge in [0.05, 0.1) is 11.8 Å². The van der Waals surface area contributed by atoms with Crippen LogP contribution in [-0.4, -0.2) is 11.9 Å². The molecule has 0 N–H and O–H groups in total. The molecule has 0 saturated carbocycles. The minimum absolute atomic E-state index is 0.393. The largest absolute Gasteiger partial charge is 0.392 e. The number of ether oxygens (including phenoxy) is 1. The fourth-order valence-electron chi connectivity index (χ4n) is 4.62. The monoisotopic (exact) mass is 490 g/mol. The highest BCUT2D eigenvalue weighted by atomic mass is 16.6. The van der Waals surface area contributed by atoms with Crippen molar-refractivity contribution in [3.8, 4) is 0 Å². The first-order chi connectivity index (χ1) is 17.1. The lowest BCUT2D eigenvalue weighted by molar-refractivity contribution is -0.163. The number of hydrogen-bond donors (Lipinski definition) is 0. The molecule has 0 aromatic carbocycles. The maximum absolute atomic E-state index is 12.5. The molecule has 2 unspecified atom stereocenters. The van der Waals surface area contributed by atoms with Gasteiger partial charge in [-0.1, -0.05) is 154 Å². The standard InChI is InChI=1S/C32H58O3/c1-5-9-11-13-15-17-19-21-23-25-27-29(7-3)31(33)35-32(34)30(8-4)28-26-24-22-20-18-16-14-12-10-6-2/h7-8,29-30H,3-6,9-28H2,1-2H3. The SMILES string of the molecule is C=CC(CCCCCCCCCCCC)C(=O)OC(=O)C(C=C)CCCCCCCCCCCC. The minimum atomic E-state index is -0.448. The Morgan fingerprint density at radius 1 is 0.514 bits per heavy atom. The van der Waals surface area contributed by atoms with Crippen LogP contribution in [0.15, 0.2) is 25.3 Å². The van der Waals surface area contributed by atoms with Crippen LogP contribution in [0.3, 0.4) is 0 Å². The van der Waals surface area contributed by atoms with E-state index < -0.39 is 23.8 Å². The molecule has 0 aromatic heterocycles. The molecule has 0 saturated heterocycles. The molecule has 0 bridgehead atoms. The van der Waals surface area contributed by atoms with Crippen molar-refractivity contribution >= 4 is 11.9 Å². The Morgan fingerprint density at radius 2 is 0.771 bits per heavy atom. The first kappa shape index (κ1) is 33.6. The van der Waals surface area contributed by atoms with Gasteiger partial charge in [0.15, 0.2) is 0 Å². The first-order valence-corrected chi connectivity index (χ1v) is 15.1. The molecule has 35 heavy (non-hydrogen) atoms. The van der Waals surface area contributed by atoms with Crippen LogP contribution in [0, 0.1) is 11.8 Å². The second-order valence-corrected chi connectivity index (χ2v) is 10.4. The molecule has 0 aliphatic carbocycles. The smallest absolute Gasteiger partial charge is 0.320 e. The van der Waals surface area contributed by atoms with Crippen LogP contribution >= 0.6 is 0 Å². The highest BCUT2D eigenvalue weighted by Crippen LogP contribution is 2.19. The van der Waals surface area contributed by atoms with Gasteiger partial charge in [-0.15, -0.1) is 13.2 Å². The van der Waals surface area contributed by atoms with E-state index in [0.29, 0.717) is 12.8 Å². The summed E-state index contributed by atoms with van der Waals surface area (Å²) in [4.78, 5) is 25.0. The third kappa shape index (κ3) is 20.5. The molecule has 0 radical (unpaired) electrons. The molecule has 0 aliphatic heterocycles. The van der Waals surface area contributed by atoms with Gasteiger partial charge < -0.3 is 4.74 Å². The quantitative estimate of drug-likeness (QED) is 0.0524. The molecular formula is C32H58O3. The van der Waals surface area contributed by atoms with Crippen molar-refractivity contribution in [1.82, 2.24) is 0 Å². The van der Waals surface area contributed by atoms with Gasteiger partial charge in [-0.25, -0.2) is 0 Å². The maximum Gasteiger partial charge on any atom is 0.320 e. The molecule has 0 spiro atoms. The van der Waals surface area contributed by atoms with E-state index in [0.717, 1.165) is 25.7 Å². The average molecular weight is 491 g/mol. The number of hydrogen-bond acceptors (Lipinski definition) is 3. The third-order valence-corrected chi connectivity index (χ3v) is 7.11. The summed E-state index contributed by atoms with van der Waals surface area (Å²) in [6.45, 7) is 12.1. The number of esters is 2. The molecule has 2 atom stereocenters. The minimum Gasteiger partial charge on any atom is -0.392 e. The molecule has 0 rings (SSSR count). The summed E-state index contributed by atoms with van der Waals surface area (Å²) in [6.07, 6.45) is 29.9. The van der Waals surface area contributed by atoms with Gasteiger partial charge in [-0.05, 0) is 12.8 Å². The Bertz CT molecular complexity index is 479. The summed E-state index contributed by atoms with van der Waals surface area (Å²) >= 11 is 0. The molecule has 0 aromatic rings. The van der Waals surface area contributed by atoms with Crippen LogP contribution in [0.4, 0.5) is 0 Å². The second-order valence-electron chi connectivity index (χ2n) is 10.4.